The molecule has 0 saturated heterocycles. The SMILES string of the molecule is Cn1nnnc1C(O)c1c2cccc(-c3ccc(Cl)cc3Cl)c2nn1C. The number of aryl methyl sites for hydroxylation is 2. The zero-order valence-electron chi connectivity index (χ0n) is 13.9. The average molecular weight is 389 g/mol. The number of aliphatic hydroxyl groups excluding tert-OH is 1. The van der Waals surface area contributed by atoms with Crippen LogP contribution in [0.5, 0.6) is 0 Å². The lowest BCUT2D eigenvalue weighted by Gasteiger charge is -2.10. The molecule has 0 aliphatic carbocycles. The van der Waals surface area contributed by atoms with Crippen molar-refractivity contribution in [3.05, 3.63) is 58.0 Å². The summed E-state index contributed by atoms with van der Waals surface area (Å²) in [6.45, 7) is 0. The molecule has 132 valence electrons. The van der Waals surface area contributed by atoms with E-state index >= 15 is 0 Å². The maximum Gasteiger partial charge on any atom is 0.185 e. The number of aromatic nitrogens is 6. The number of tetrazole rings is 1. The summed E-state index contributed by atoms with van der Waals surface area (Å²) in [4.78, 5) is 0. The van der Waals surface area contributed by atoms with E-state index in [1.807, 2.05) is 24.3 Å². The van der Waals surface area contributed by atoms with Gasteiger partial charge in [0, 0.05) is 40.7 Å². The van der Waals surface area contributed by atoms with E-state index < -0.39 is 6.10 Å². The number of nitrogens with zero attached hydrogens (tertiary/aromatic N) is 6. The molecular formula is C17H14Cl2N6O. The van der Waals surface area contributed by atoms with Crippen molar-refractivity contribution in [3.63, 3.8) is 0 Å². The molecule has 0 amide bonds. The van der Waals surface area contributed by atoms with Crippen LogP contribution < -0.4 is 0 Å². The van der Waals surface area contributed by atoms with Crippen LogP contribution in [0.15, 0.2) is 36.4 Å². The van der Waals surface area contributed by atoms with Gasteiger partial charge < -0.3 is 5.11 Å². The van der Waals surface area contributed by atoms with Gasteiger partial charge in [-0.15, -0.1) is 5.10 Å². The molecule has 1 unspecified atom stereocenters. The Morgan fingerprint density at radius 2 is 1.85 bits per heavy atom. The van der Waals surface area contributed by atoms with Gasteiger partial charge in [-0.1, -0.05) is 47.5 Å². The van der Waals surface area contributed by atoms with E-state index in [4.69, 9.17) is 23.2 Å². The molecule has 0 spiro atoms. The number of hydrogen-bond acceptors (Lipinski definition) is 5. The number of benzene rings is 2. The van der Waals surface area contributed by atoms with Crippen molar-refractivity contribution >= 4 is 34.1 Å². The first-order valence-corrected chi connectivity index (χ1v) is 8.54. The largest absolute Gasteiger partial charge is 0.379 e. The summed E-state index contributed by atoms with van der Waals surface area (Å²) in [7, 11) is 3.45. The Kier molecular flexibility index (Phi) is 4.14. The minimum atomic E-state index is -1.01. The molecule has 1 atom stereocenters. The molecule has 7 nitrogen and oxygen atoms in total. The molecule has 0 saturated carbocycles. The molecule has 0 bridgehead atoms. The van der Waals surface area contributed by atoms with Crippen molar-refractivity contribution in [2.24, 2.45) is 14.1 Å². The number of hydrogen-bond donors (Lipinski definition) is 1. The highest BCUT2D eigenvalue weighted by Gasteiger charge is 2.25. The van der Waals surface area contributed by atoms with Crippen molar-refractivity contribution in [1.82, 2.24) is 30.0 Å². The van der Waals surface area contributed by atoms with Gasteiger partial charge in [0.25, 0.3) is 0 Å². The van der Waals surface area contributed by atoms with Crippen molar-refractivity contribution in [2.45, 2.75) is 6.10 Å². The monoisotopic (exact) mass is 388 g/mol. The van der Waals surface area contributed by atoms with E-state index in [-0.39, 0.29) is 0 Å². The van der Waals surface area contributed by atoms with Gasteiger partial charge in [-0.25, -0.2) is 4.68 Å². The van der Waals surface area contributed by atoms with Gasteiger partial charge in [0.2, 0.25) is 0 Å². The third-order valence-electron chi connectivity index (χ3n) is 4.29. The van der Waals surface area contributed by atoms with Crippen LogP contribution in [0.3, 0.4) is 0 Å². The first-order valence-electron chi connectivity index (χ1n) is 7.78. The molecule has 26 heavy (non-hydrogen) atoms. The summed E-state index contributed by atoms with van der Waals surface area (Å²) in [5, 5.41) is 28.6. The molecular weight excluding hydrogens is 375 g/mol. The minimum absolute atomic E-state index is 0.338. The molecule has 1 N–H and O–H groups in total. The van der Waals surface area contributed by atoms with Gasteiger partial charge in [-0.2, -0.15) is 5.10 Å². The molecule has 4 aromatic rings. The van der Waals surface area contributed by atoms with E-state index in [0.717, 1.165) is 22.0 Å². The maximum absolute atomic E-state index is 10.8. The maximum atomic E-state index is 10.8. The van der Waals surface area contributed by atoms with Crippen LogP contribution in [0.1, 0.15) is 17.6 Å². The zero-order chi connectivity index (χ0) is 18.4. The summed E-state index contributed by atoms with van der Waals surface area (Å²) in [6, 6.07) is 11.1. The highest BCUT2D eigenvalue weighted by molar-refractivity contribution is 6.36. The predicted molar refractivity (Wildman–Crippen MR) is 99.0 cm³/mol. The van der Waals surface area contributed by atoms with Crippen LogP contribution in [0, 0.1) is 0 Å². The second kappa shape index (κ2) is 6.35. The number of fused-ring (bicyclic) bond motifs is 1. The van der Waals surface area contributed by atoms with Crippen LogP contribution >= 0.6 is 23.2 Å². The normalized spacial score (nSPS) is 12.7. The molecule has 2 aromatic heterocycles. The van der Waals surface area contributed by atoms with Crippen molar-refractivity contribution in [1.29, 1.82) is 0 Å². The molecule has 0 radical (unpaired) electrons. The summed E-state index contributed by atoms with van der Waals surface area (Å²) in [5.41, 5.74) is 3.00. The molecule has 2 aromatic carbocycles. The van der Waals surface area contributed by atoms with Crippen LogP contribution in [0.2, 0.25) is 10.0 Å². The molecule has 0 aliphatic rings. The van der Waals surface area contributed by atoms with Gasteiger partial charge in [0.15, 0.2) is 11.9 Å². The fourth-order valence-electron chi connectivity index (χ4n) is 3.08. The molecule has 0 fully saturated rings. The fraction of sp³-hybridized carbons (Fsp3) is 0.176. The van der Waals surface area contributed by atoms with Crippen molar-refractivity contribution in [2.75, 3.05) is 0 Å². The third kappa shape index (κ3) is 2.65. The Morgan fingerprint density at radius 1 is 1.04 bits per heavy atom. The second-order valence-corrected chi connectivity index (χ2v) is 6.74. The number of rotatable bonds is 3. The zero-order valence-corrected chi connectivity index (χ0v) is 15.4. The predicted octanol–water partition coefficient (Wildman–Crippen LogP) is 3.15. The van der Waals surface area contributed by atoms with E-state index in [0.29, 0.717) is 21.6 Å². The molecule has 0 aliphatic heterocycles. The fourth-order valence-corrected chi connectivity index (χ4v) is 3.59. The lowest BCUT2D eigenvalue weighted by Crippen LogP contribution is -2.12. The molecule has 4 rings (SSSR count). The van der Waals surface area contributed by atoms with Gasteiger partial charge in [0.1, 0.15) is 5.52 Å². The highest BCUT2D eigenvalue weighted by atomic mass is 35.5. The Labute approximate surface area is 158 Å². The lowest BCUT2D eigenvalue weighted by molar-refractivity contribution is 0.196. The second-order valence-electron chi connectivity index (χ2n) is 5.90. The molecule has 2 heterocycles. The first-order chi connectivity index (χ1) is 12.5. The number of aliphatic hydroxyl groups is 1. The van der Waals surface area contributed by atoms with Gasteiger partial charge in [0.05, 0.1) is 5.69 Å². The van der Waals surface area contributed by atoms with Crippen LogP contribution in [-0.2, 0) is 14.1 Å². The standard InChI is InChI=1S/C17H14Cl2N6O/c1-24-15(16(26)17-20-22-23-25(17)2)12-5-3-4-11(14(12)21-24)10-7-6-9(18)8-13(10)19/h3-8,16,26H,1-2H3. The van der Waals surface area contributed by atoms with E-state index in [9.17, 15) is 5.11 Å². The Morgan fingerprint density at radius 3 is 2.54 bits per heavy atom. The summed E-state index contributed by atoms with van der Waals surface area (Å²) in [5.74, 6) is 0.338. The summed E-state index contributed by atoms with van der Waals surface area (Å²) in [6.07, 6.45) is -1.01. The molecule has 9 heteroatoms. The van der Waals surface area contributed by atoms with Crippen LogP contribution in [0.25, 0.3) is 22.0 Å². The Hall–Kier alpha value is -2.48. The van der Waals surface area contributed by atoms with Gasteiger partial charge in [-0.3, -0.25) is 4.68 Å². The summed E-state index contributed by atoms with van der Waals surface area (Å²) >= 11 is 12.4. The smallest absolute Gasteiger partial charge is 0.185 e. The Balaban J connectivity index is 1.93. The van der Waals surface area contributed by atoms with Crippen LogP contribution in [-0.4, -0.2) is 35.1 Å². The first kappa shape index (κ1) is 17.0. The summed E-state index contributed by atoms with van der Waals surface area (Å²) < 4.78 is 3.07. The minimum Gasteiger partial charge on any atom is -0.379 e. The third-order valence-corrected chi connectivity index (χ3v) is 4.84. The van der Waals surface area contributed by atoms with Crippen molar-refractivity contribution in [3.8, 4) is 11.1 Å². The number of halogens is 2. The van der Waals surface area contributed by atoms with E-state index in [1.54, 1.807) is 30.9 Å². The van der Waals surface area contributed by atoms with Gasteiger partial charge in [-0.05, 0) is 22.6 Å². The van der Waals surface area contributed by atoms with E-state index in [1.165, 1.54) is 4.68 Å². The lowest BCUT2D eigenvalue weighted by atomic mass is 10.0. The van der Waals surface area contributed by atoms with Crippen LogP contribution in [0.4, 0.5) is 0 Å². The van der Waals surface area contributed by atoms with Gasteiger partial charge >= 0.3 is 0 Å². The average Bonchev–Trinajstić information content (AvgIpc) is 3.17. The van der Waals surface area contributed by atoms with E-state index in [2.05, 4.69) is 20.6 Å². The quantitative estimate of drug-likeness (QED) is 0.582. The topological polar surface area (TPSA) is 81.7 Å². The highest BCUT2D eigenvalue weighted by Crippen LogP contribution is 2.37. The van der Waals surface area contributed by atoms with Crippen molar-refractivity contribution < 1.29 is 5.11 Å². The Bertz CT molecular complexity index is 1120.